The van der Waals surface area contributed by atoms with Crippen molar-refractivity contribution in [3.63, 3.8) is 0 Å². The molecule has 0 spiro atoms. The number of Topliss-reactive ketones (excluding diaryl/α,β-unsaturated/α-hetero) is 1. The van der Waals surface area contributed by atoms with Crippen LogP contribution in [-0.2, 0) is 19.2 Å². The number of rotatable bonds is 5. The Hall–Kier alpha value is -5.37. The standard InChI is InChI=1S/C37H29NO7/c1-19-16-29(40)33-27(34(19)41)18-26-24(31(33)22-10-15-28(39)30(17-22)45-2)13-14-25-32(26)37(44)38(36(25)43)23-11-8-21(9-12-23)35(42)20-6-4-3-5-7-20/h3-13,15-17,25-26,31-32,39H,14,18H2,1-2H3. The van der Waals surface area contributed by atoms with Crippen LogP contribution in [0.4, 0.5) is 5.69 Å². The lowest BCUT2D eigenvalue weighted by Gasteiger charge is -2.42. The van der Waals surface area contributed by atoms with Crippen molar-refractivity contribution in [3.8, 4) is 11.5 Å². The lowest BCUT2D eigenvalue weighted by molar-refractivity contribution is -0.123. The lowest BCUT2D eigenvalue weighted by Crippen LogP contribution is -2.39. The molecule has 4 aliphatic rings. The number of carbonyl (C=O) groups excluding carboxylic acids is 5. The Morgan fingerprint density at radius 1 is 0.889 bits per heavy atom. The Morgan fingerprint density at radius 3 is 2.31 bits per heavy atom. The van der Waals surface area contributed by atoms with Gasteiger partial charge in [-0.15, -0.1) is 0 Å². The van der Waals surface area contributed by atoms with Crippen LogP contribution in [0.5, 0.6) is 11.5 Å². The third kappa shape index (κ3) is 4.39. The summed E-state index contributed by atoms with van der Waals surface area (Å²) < 4.78 is 5.35. The predicted molar refractivity (Wildman–Crippen MR) is 165 cm³/mol. The van der Waals surface area contributed by atoms with E-state index in [4.69, 9.17) is 4.74 Å². The fourth-order valence-corrected chi connectivity index (χ4v) is 7.41. The monoisotopic (exact) mass is 599 g/mol. The van der Waals surface area contributed by atoms with Crippen LogP contribution >= 0.6 is 0 Å². The molecule has 224 valence electrons. The Balaban J connectivity index is 1.26. The molecule has 45 heavy (non-hydrogen) atoms. The normalized spacial score (nSPS) is 24.1. The summed E-state index contributed by atoms with van der Waals surface area (Å²) in [5.41, 5.74) is 3.87. The minimum Gasteiger partial charge on any atom is -0.504 e. The van der Waals surface area contributed by atoms with Crippen molar-refractivity contribution < 1.29 is 33.8 Å². The van der Waals surface area contributed by atoms with Crippen molar-refractivity contribution >= 4 is 34.9 Å². The Kier molecular flexibility index (Phi) is 6.73. The molecule has 4 unspecified atom stereocenters. The molecule has 7 rings (SSSR count). The van der Waals surface area contributed by atoms with Crippen molar-refractivity contribution in [2.24, 2.45) is 17.8 Å². The van der Waals surface area contributed by atoms with Crippen LogP contribution in [0.15, 0.2) is 107 Å². The fraction of sp³-hybridized carbons (Fsp3) is 0.216. The molecule has 3 aliphatic carbocycles. The summed E-state index contributed by atoms with van der Waals surface area (Å²) in [5.74, 6) is -3.69. The Bertz CT molecular complexity index is 1920. The number of methoxy groups -OCH3 is 1. The first-order chi connectivity index (χ1) is 21.7. The smallest absolute Gasteiger partial charge is 0.238 e. The molecule has 1 aliphatic heterocycles. The van der Waals surface area contributed by atoms with Gasteiger partial charge in [-0.3, -0.25) is 28.9 Å². The number of phenols is 1. The van der Waals surface area contributed by atoms with Gasteiger partial charge in [0.2, 0.25) is 11.8 Å². The summed E-state index contributed by atoms with van der Waals surface area (Å²) in [4.78, 5) is 69.1. The van der Waals surface area contributed by atoms with Crippen molar-refractivity contribution in [1.29, 1.82) is 0 Å². The molecule has 0 saturated carbocycles. The minimum absolute atomic E-state index is 0.0639. The van der Waals surface area contributed by atoms with E-state index >= 15 is 0 Å². The number of ketones is 3. The quantitative estimate of drug-likeness (QED) is 0.184. The maximum absolute atomic E-state index is 14.2. The van der Waals surface area contributed by atoms with Gasteiger partial charge < -0.3 is 9.84 Å². The number of allylic oxidation sites excluding steroid dienone is 6. The number of ether oxygens (including phenoxy) is 1. The van der Waals surface area contributed by atoms with Crippen LogP contribution in [0.2, 0.25) is 0 Å². The van der Waals surface area contributed by atoms with E-state index in [1.165, 1.54) is 24.2 Å². The van der Waals surface area contributed by atoms with Gasteiger partial charge in [-0.2, -0.15) is 0 Å². The average Bonchev–Trinajstić information content (AvgIpc) is 3.32. The van der Waals surface area contributed by atoms with E-state index in [0.29, 0.717) is 45.5 Å². The van der Waals surface area contributed by atoms with Crippen molar-refractivity contribution in [3.05, 3.63) is 124 Å². The predicted octanol–water partition coefficient (Wildman–Crippen LogP) is 5.27. The van der Waals surface area contributed by atoms with Crippen LogP contribution in [0.3, 0.4) is 0 Å². The largest absolute Gasteiger partial charge is 0.504 e. The lowest BCUT2D eigenvalue weighted by atomic mass is 9.59. The second-order valence-electron chi connectivity index (χ2n) is 11.9. The first kappa shape index (κ1) is 28.4. The summed E-state index contributed by atoms with van der Waals surface area (Å²) in [6.45, 7) is 1.61. The molecule has 0 aromatic heterocycles. The molecule has 0 radical (unpaired) electrons. The first-order valence-electron chi connectivity index (χ1n) is 14.8. The number of amides is 2. The van der Waals surface area contributed by atoms with Crippen molar-refractivity contribution in [2.75, 3.05) is 12.0 Å². The minimum atomic E-state index is -0.729. The number of phenolic OH excluding ortho intramolecular Hbond substituents is 1. The number of hydrogen-bond acceptors (Lipinski definition) is 7. The second-order valence-corrected chi connectivity index (χ2v) is 11.9. The maximum atomic E-state index is 14.2. The van der Waals surface area contributed by atoms with Gasteiger partial charge in [0, 0.05) is 33.8 Å². The molecule has 1 saturated heterocycles. The van der Waals surface area contributed by atoms with E-state index in [2.05, 4.69) is 0 Å². The molecule has 1 fully saturated rings. The van der Waals surface area contributed by atoms with Crippen LogP contribution in [-0.4, -0.2) is 41.4 Å². The summed E-state index contributed by atoms with van der Waals surface area (Å²) in [6.07, 6.45) is 3.77. The number of nitrogens with zero attached hydrogens (tertiary/aromatic N) is 1. The second kappa shape index (κ2) is 10.7. The van der Waals surface area contributed by atoms with E-state index in [1.807, 2.05) is 12.1 Å². The van der Waals surface area contributed by atoms with Gasteiger partial charge >= 0.3 is 0 Å². The Morgan fingerprint density at radius 2 is 1.60 bits per heavy atom. The molecule has 8 heteroatoms. The molecular weight excluding hydrogens is 570 g/mol. The highest BCUT2D eigenvalue weighted by molar-refractivity contribution is 6.25. The summed E-state index contributed by atoms with van der Waals surface area (Å²) in [7, 11) is 1.43. The number of hydrogen-bond donors (Lipinski definition) is 1. The molecule has 0 bridgehead atoms. The zero-order valence-electron chi connectivity index (χ0n) is 24.7. The molecule has 2 amide bonds. The van der Waals surface area contributed by atoms with Gasteiger partial charge in [-0.05, 0) is 73.7 Å². The number of fused-ring (bicyclic) bond motifs is 3. The third-order valence-electron chi connectivity index (χ3n) is 9.52. The fourth-order valence-electron chi connectivity index (χ4n) is 7.41. The zero-order chi connectivity index (χ0) is 31.6. The third-order valence-corrected chi connectivity index (χ3v) is 9.52. The van der Waals surface area contributed by atoms with E-state index in [0.717, 1.165) is 5.57 Å². The number of imide groups is 1. The topological polar surface area (TPSA) is 118 Å². The van der Waals surface area contributed by atoms with Crippen molar-refractivity contribution in [1.82, 2.24) is 0 Å². The number of anilines is 1. The van der Waals surface area contributed by atoms with Gasteiger partial charge in [0.15, 0.2) is 28.8 Å². The molecular formula is C37H29NO7. The van der Waals surface area contributed by atoms with Gasteiger partial charge in [0.25, 0.3) is 0 Å². The molecule has 3 aromatic carbocycles. The zero-order valence-corrected chi connectivity index (χ0v) is 24.7. The van der Waals surface area contributed by atoms with Gasteiger partial charge in [0.05, 0.1) is 24.6 Å². The van der Waals surface area contributed by atoms with Gasteiger partial charge in [-0.1, -0.05) is 48.0 Å². The summed E-state index contributed by atoms with van der Waals surface area (Å²) in [5, 5.41) is 10.3. The summed E-state index contributed by atoms with van der Waals surface area (Å²) >= 11 is 0. The highest BCUT2D eigenvalue weighted by Crippen LogP contribution is 2.55. The highest BCUT2D eigenvalue weighted by Gasteiger charge is 2.56. The summed E-state index contributed by atoms with van der Waals surface area (Å²) in [6, 6.07) is 20.1. The van der Waals surface area contributed by atoms with Gasteiger partial charge in [-0.25, -0.2) is 0 Å². The molecule has 1 N–H and O–H groups in total. The average molecular weight is 600 g/mol. The maximum Gasteiger partial charge on any atom is 0.238 e. The Labute approximate surface area is 259 Å². The highest BCUT2D eigenvalue weighted by atomic mass is 16.5. The number of benzene rings is 3. The van der Waals surface area contributed by atoms with E-state index in [1.54, 1.807) is 67.6 Å². The number of carbonyl (C=O) groups is 5. The molecule has 3 aromatic rings. The van der Waals surface area contributed by atoms with Crippen LogP contribution in [0, 0.1) is 17.8 Å². The van der Waals surface area contributed by atoms with E-state index < -0.39 is 23.7 Å². The SMILES string of the molecule is COc1cc(C2C3=CCC4C(=O)N(c5ccc(C(=O)c6ccccc6)cc5)C(=O)C4C3CC3=C2C(=O)C=C(C)C3=O)ccc1O. The number of aromatic hydroxyl groups is 1. The van der Waals surface area contributed by atoms with Crippen LogP contribution < -0.4 is 9.64 Å². The van der Waals surface area contributed by atoms with Gasteiger partial charge in [0.1, 0.15) is 0 Å². The van der Waals surface area contributed by atoms with Crippen LogP contribution in [0.1, 0.15) is 47.2 Å². The van der Waals surface area contributed by atoms with E-state index in [-0.39, 0.29) is 47.1 Å². The first-order valence-corrected chi connectivity index (χ1v) is 14.8. The molecule has 1 heterocycles. The van der Waals surface area contributed by atoms with Crippen LogP contribution in [0.25, 0.3) is 0 Å². The van der Waals surface area contributed by atoms with E-state index in [9.17, 15) is 29.1 Å². The molecule has 8 nitrogen and oxygen atoms in total. The van der Waals surface area contributed by atoms with Crippen molar-refractivity contribution in [2.45, 2.75) is 25.7 Å². The molecule has 4 atom stereocenters.